The molecule has 4 N–H and O–H groups in total. The van der Waals surface area contributed by atoms with Crippen molar-refractivity contribution in [3.05, 3.63) is 30.3 Å². The van der Waals surface area contributed by atoms with Gasteiger partial charge in [-0.05, 0) is 24.3 Å². The first-order valence-corrected chi connectivity index (χ1v) is 6.80. The van der Waals surface area contributed by atoms with Crippen LogP contribution >= 0.6 is 0 Å². The van der Waals surface area contributed by atoms with Gasteiger partial charge in [-0.15, -0.1) is 0 Å². The fourth-order valence-corrected chi connectivity index (χ4v) is 2.28. The number of methoxy groups -OCH3 is 1. The van der Waals surface area contributed by atoms with E-state index in [1.54, 1.807) is 0 Å². The van der Waals surface area contributed by atoms with Gasteiger partial charge in [0.15, 0.2) is 0 Å². The number of nitrogens with zero attached hydrogens (tertiary/aromatic N) is 2. The quantitative estimate of drug-likeness (QED) is 0.776. The SMILES string of the molecule is COc1ccc(S(=O)(=O)Oc2cc(N)nc(N)n2)cc1. The summed E-state index contributed by atoms with van der Waals surface area (Å²) in [6.45, 7) is 0. The molecule has 20 heavy (non-hydrogen) atoms. The zero-order valence-corrected chi connectivity index (χ0v) is 11.3. The smallest absolute Gasteiger partial charge is 0.340 e. The maximum atomic E-state index is 12.0. The van der Waals surface area contributed by atoms with Gasteiger partial charge >= 0.3 is 10.1 Å². The lowest BCUT2D eigenvalue weighted by Gasteiger charge is -2.07. The van der Waals surface area contributed by atoms with E-state index in [0.29, 0.717) is 5.75 Å². The summed E-state index contributed by atoms with van der Waals surface area (Å²) in [5, 5.41) is 0. The van der Waals surface area contributed by atoms with Crippen LogP contribution in [0.25, 0.3) is 0 Å². The Balaban J connectivity index is 2.30. The van der Waals surface area contributed by atoms with Crippen molar-refractivity contribution in [3.63, 3.8) is 0 Å². The first-order chi connectivity index (χ1) is 9.40. The molecule has 9 heteroatoms. The van der Waals surface area contributed by atoms with Crippen LogP contribution in [-0.4, -0.2) is 25.5 Å². The minimum absolute atomic E-state index is 0.0115. The number of hydrogen-bond donors (Lipinski definition) is 2. The van der Waals surface area contributed by atoms with E-state index in [1.165, 1.54) is 31.4 Å². The number of nitrogens with two attached hydrogens (primary N) is 2. The van der Waals surface area contributed by atoms with Crippen molar-refractivity contribution in [2.24, 2.45) is 0 Å². The summed E-state index contributed by atoms with van der Waals surface area (Å²) in [4.78, 5) is 7.20. The van der Waals surface area contributed by atoms with Crippen LogP contribution in [0.2, 0.25) is 0 Å². The molecule has 8 nitrogen and oxygen atoms in total. The number of aromatic nitrogens is 2. The first-order valence-electron chi connectivity index (χ1n) is 5.39. The standard InChI is InChI=1S/C11H12N4O4S/c1-18-7-2-4-8(5-3-7)20(16,17)19-10-6-9(12)14-11(13)15-10/h2-6H,1H3,(H4,12,13,14,15). The Kier molecular flexibility index (Phi) is 3.61. The molecule has 0 spiro atoms. The van der Waals surface area contributed by atoms with Crippen molar-refractivity contribution < 1.29 is 17.3 Å². The van der Waals surface area contributed by atoms with Gasteiger partial charge in [0, 0.05) is 6.07 Å². The zero-order chi connectivity index (χ0) is 14.8. The Morgan fingerprint density at radius 3 is 2.30 bits per heavy atom. The van der Waals surface area contributed by atoms with Gasteiger partial charge in [0.2, 0.25) is 11.8 Å². The number of hydrogen-bond acceptors (Lipinski definition) is 8. The normalized spacial score (nSPS) is 11.1. The van der Waals surface area contributed by atoms with Gasteiger partial charge in [0.1, 0.15) is 16.5 Å². The van der Waals surface area contributed by atoms with E-state index in [9.17, 15) is 8.42 Å². The molecule has 0 amide bonds. The highest BCUT2D eigenvalue weighted by molar-refractivity contribution is 7.87. The van der Waals surface area contributed by atoms with Crippen molar-refractivity contribution in [2.45, 2.75) is 4.90 Å². The third kappa shape index (κ3) is 3.06. The molecular formula is C11H12N4O4S. The summed E-state index contributed by atoms with van der Waals surface area (Å²) in [6.07, 6.45) is 0. The van der Waals surface area contributed by atoms with Crippen LogP contribution in [0, 0.1) is 0 Å². The van der Waals surface area contributed by atoms with Gasteiger partial charge in [-0.25, -0.2) is 0 Å². The van der Waals surface area contributed by atoms with E-state index in [2.05, 4.69) is 9.97 Å². The van der Waals surface area contributed by atoms with Gasteiger partial charge in [-0.1, -0.05) is 0 Å². The Labute approximate surface area is 115 Å². The number of benzene rings is 1. The van der Waals surface area contributed by atoms with Crippen LogP contribution in [-0.2, 0) is 10.1 Å². The molecular weight excluding hydrogens is 284 g/mol. The van der Waals surface area contributed by atoms with Crippen molar-refractivity contribution in [3.8, 4) is 11.6 Å². The average molecular weight is 296 g/mol. The van der Waals surface area contributed by atoms with Gasteiger partial charge in [-0.3, -0.25) is 0 Å². The molecule has 1 heterocycles. The fourth-order valence-electron chi connectivity index (χ4n) is 1.41. The Hall–Kier alpha value is -2.55. The van der Waals surface area contributed by atoms with Crippen molar-refractivity contribution in [1.29, 1.82) is 0 Å². The monoisotopic (exact) mass is 296 g/mol. The van der Waals surface area contributed by atoms with Gasteiger partial charge in [0.05, 0.1) is 7.11 Å². The lowest BCUT2D eigenvalue weighted by molar-refractivity contribution is 0.414. The molecule has 0 unspecified atom stereocenters. The van der Waals surface area contributed by atoms with Gasteiger partial charge < -0.3 is 20.4 Å². The highest BCUT2D eigenvalue weighted by Crippen LogP contribution is 2.20. The van der Waals surface area contributed by atoms with E-state index in [4.69, 9.17) is 20.4 Å². The van der Waals surface area contributed by atoms with Crippen molar-refractivity contribution in [1.82, 2.24) is 9.97 Å². The van der Waals surface area contributed by atoms with Crippen LogP contribution in [0.1, 0.15) is 0 Å². The minimum atomic E-state index is -4.03. The molecule has 0 aliphatic heterocycles. The minimum Gasteiger partial charge on any atom is -0.497 e. The number of nitrogen functional groups attached to an aromatic ring is 2. The van der Waals surface area contributed by atoms with Crippen molar-refractivity contribution >= 4 is 21.9 Å². The lowest BCUT2D eigenvalue weighted by atomic mass is 10.3. The second-order valence-corrected chi connectivity index (χ2v) is 5.25. The predicted octanol–water partition coefficient (Wildman–Crippen LogP) is 0.417. The summed E-state index contributed by atoms with van der Waals surface area (Å²) in [5.74, 6) is 0.118. The Morgan fingerprint density at radius 2 is 1.75 bits per heavy atom. The molecule has 0 saturated carbocycles. The van der Waals surface area contributed by atoms with Crippen LogP contribution in [0.4, 0.5) is 11.8 Å². The predicted molar refractivity (Wildman–Crippen MR) is 71.7 cm³/mol. The fraction of sp³-hybridized carbons (Fsp3) is 0.0909. The third-order valence-corrected chi connectivity index (χ3v) is 3.52. The summed E-state index contributed by atoms with van der Waals surface area (Å²) < 4.78 is 33.8. The highest BCUT2D eigenvalue weighted by Gasteiger charge is 2.18. The van der Waals surface area contributed by atoms with Crippen LogP contribution in [0.5, 0.6) is 11.6 Å². The number of anilines is 2. The van der Waals surface area contributed by atoms with Crippen LogP contribution < -0.4 is 20.4 Å². The zero-order valence-electron chi connectivity index (χ0n) is 10.5. The van der Waals surface area contributed by atoms with E-state index in [-0.39, 0.29) is 22.5 Å². The van der Waals surface area contributed by atoms with Crippen LogP contribution in [0.3, 0.4) is 0 Å². The maximum Gasteiger partial charge on any atom is 0.340 e. The van der Waals surface area contributed by atoms with Crippen LogP contribution in [0.15, 0.2) is 35.2 Å². The molecule has 0 saturated heterocycles. The summed E-state index contributed by atoms with van der Waals surface area (Å²) in [7, 11) is -2.55. The summed E-state index contributed by atoms with van der Waals surface area (Å²) in [6, 6.07) is 6.86. The second kappa shape index (κ2) is 5.21. The first kappa shape index (κ1) is 13.9. The highest BCUT2D eigenvalue weighted by atomic mass is 32.2. The topological polar surface area (TPSA) is 130 Å². The lowest BCUT2D eigenvalue weighted by Crippen LogP contribution is -2.12. The van der Waals surface area contributed by atoms with E-state index in [1.807, 2.05) is 0 Å². The van der Waals surface area contributed by atoms with E-state index in [0.717, 1.165) is 6.07 Å². The molecule has 0 aliphatic carbocycles. The number of ether oxygens (including phenoxy) is 1. The molecule has 106 valence electrons. The largest absolute Gasteiger partial charge is 0.497 e. The average Bonchev–Trinajstić information content (AvgIpc) is 2.37. The Morgan fingerprint density at radius 1 is 1.10 bits per heavy atom. The molecule has 2 rings (SSSR count). The maximum absolute atomic E-state index is 12.0. The summed E-state index contributed by atoms with van der Waals surface area (Å²) >= 11 is 0. The molecule has 1 aromatic heterocycles. The molecule has 2 aromatic rings. The molecule has 0 fully saturated rings. The number of rotatable bonds is 4. The Bertz CT molecular complexity index is 695. The van der Waals surface area contributed by atoms with E-state index >= 15 is 0 Å². The van der Waals surface area contributed by atoms with Gasteiger partial charge in [-0.2, -0.15) is 18.4 Å². The van der Waals surface area contributed by atoms with E-state index < -0.39 is 10.1 Å². The molecule has 0 aliphatic rings. The molecule has 0 radical (unpaired) electrons. The molecule has 1 aromatic carbocycles. The van der Waals surface area contributed by atoms with Crippen molar-refractivity contribution in [2.75, 3.05) is 18.6 Å². The third-order valence-electron chi connectivity index (χ3n) is 2.28. The van der Waals surface area contributed by atoms with Gasteiger partial charge in [0.25, 0.3) is 0 Å². The molecule has 0 atom stereocenters. The molecule has 0 bridgehead atoms. The summed E-state index contributed by atoms with van der Waals surface area (Å²) in [5.41, 5.74) is 10.8. The second-order valence-electron chi connectivity index (χ2n) is 3.70.